The molecule has 144 valence electrons. The van der Waals surface area contributed by atoms with Gasteiger partial charge >= 0.3 is 0 Å². The molecular weight excluding hydrogens is 334 g/mol. The van der Waals surface area contributed by atoms with Crippen molar-refractivity contribution in [3.05, 3.63) is 29.8 Å². The summed E-state index contributed by atoms with van der Waals surface area (Å²) in [5.74, 6) is 0.837. The molecule has 1 N–H and O–H groups in total. The first-order valence-corrected chi connectivity index (χ1v) is 8.81. The summed E-state index contributed by atoms with van der Waals surface area (Å²) in [4.78, 5) is 28.0. The maximum atomic E-state index is 12.6. The fourth-order valence-electron chi connectivity index (χ4n) is 3.26. The minimum absolute atomic E-state index is 0.0648. The first-order valence-electron chi connectivity index (χ1n) is 8.81. The molecule has 0 unspecified atom stereocenters. The molecule has 7 nitrogen and oxygen atoms in total. The molecule has 26 heavy (non-hydrogen) atoms. The van der Waals surface area contributed by atoms with E-state index in [4.69, 9.17) is 9.47 Å². The van der Waals surface area contributed by atoms with Crippen molar-refractivity contribution in [1.29, 1.82) is 0 Å². The van der Waals surface area contributed by atoms with E-state index in [1.54, 1.807) is 14.2 Å². The lowest BCUT2D eigenvalue weighted by Crippen LogP contribution is -2.41. The van der Waals surface area contributed by atoms with Crippen molar-refractivity contribution in [3.63, 3.8) is 0 Å². The van der Waals surface area contributed by atoms with Gasteiger partial charge in [0.15, 0.2) is 0 Å². The van der Waals surface area contributed by atoms with Gasteiger partial charge < -0.3 is 19.7 Å². The monoisotopic (exact) mass is 363 g/mol. The Labute approximate surface area is 155 Å². The van der Waals surface area contributed by atoms with Gasteiger partial charge in [0.25, 0.3) is 0 Å². The number of benzene rings is 1. The summed E-state index contributed by atoms with van der Waals surface area (Å²) in [5, 5.41) is 2.99. The van der Waals surface area contributed by atoms with Gasteiger partial charge in [0, 0.05) is 39.6 Å². The van der Waals surface area contributed by atoms with Crippen LogP contribution in [0.2, 0.25) is 0 Å². The van der Waals surface area contributed by atoms with Gasteiger partial charge in [-0.3, -0.25) is 14.5 Å². The van der Waals surface area contributed by atoms with Gasteiger partial charge in [-0.1, -0.05) is 12.1 Å². The third-order valence-electron chi connectivity index (χ3n) is 4.69. The van der Waals surface area contributed by atoms with Crippen LogP contribution in [0.3, 0.4) is 0 Å². The topological polar surface area (TPSA) is 71.1 Å². The minimum Gasteiger partial charge on any atom is -0.497 e. The van der Waals surface area contributed by atoms with E-state index in [1.165, 1.54) is 6.92 Å². The van der Waals surface area contributed by atoms with Crippen molar-refractivity contribution in [3.8, 4) is 5.75 Å². The molecule has 1 aliphatic heterocycles. The molecule has 1 fully saturated rings. The number of amides is 2. The van der Waals surface area contributed by atoms with Crippen LogP contribution in [0.4, 0.5) is 0 Å². The number of hydrogen-bond donors (Lipinski definition) is 1. The number of carbonyl (C=O) groups excluding carboxylic acids is 2. The lowest BCUT2D eigenvalue weighted by molar-refractivity contribution is -0.131. The van der Waals surface area contributed by atoms with E-state index in [0.717, 1.165) is 11.3 Å². The molecule has 0 aliphatic carbocycles. The first kappa shape index (κ1) is 20.2. The normalized spacial score (nSPS) is 19.7. The van der Waals surface area contributed by atoms with Gasteiger partial charge in [0.1, 0.15) is 5.75 Å². The molecule has 7 heteroatoms. The summed E-state index contributed by atoms with van der Waals surface area (Å²) in [6.45, 7) is 4.25. The predicted octanol–water partition coefficient (Wildman–Crippen LogP) is 0.704. The maximum absolute atomic E-state index is 12.6. The number of nitrogens with one attached hydrogen (secondary N) is 1. The number of ether oxygens (including phenoxy) is 2. The molecule has 0 radical (unpaired) electrons. The number of hydrogen-bond acceptors (Lipinski definition) is 5. The van der Waals surface area contributed by atoms with Crippen LogP contribution in [0.15, 0.2) is 24.3 Å². The Morgan fingerprint density at radius 3 is 2.50 bits per heavy atom. The fourth-order valence-corrected chi connectivity index (χ4v) is 3.26. The zero-order chi connectivity index (χ0) is 19.1. The Morgan fingerprint density at radius 2 is 1.92 bits per heavy atom. The van der Waals surface area contributed by atoms with Gasteiger partial charge in [-0.05, 0) is 24.7 Å². The third kappa shape index (κ3) is 5.44. The molecule has 1 aliphatic rings. The number of methoxy groups -OCH3 is 2. The predicted molar refractivity (Wildman–Crippen MR) is 99.3 cm³/mol. The number of nitrogens with zero attached hydrogens (tertiary/aromatic N) is 2. The van der Waals surface area contributed by atoms with Gasteiger partial charge in [0.05, 0.1) is 26.3 Å². The smallest absolute Gasteiger partial charge is 0.236 e. The number of carbonyl (C=O) groups is 2. The van der Waals surface area contributed by atoms with Gasteiger partial charge in [-0.25, -0.2) is 0 Å². The molecule has 2 atom stereocenters. The van der Waals surface area contributed by atoms with Gasteiger partial charge in [-0.15, -0.1) is 0 Å². The van der Waals surface area contributed by atoms with E-state index < -0.39 is 0 Å². The second-order valence-electron chi connectivity index (χ2n) is 6.72. The van der Waals surface area contributed by atoms with Crippen LogP contribution in [0, 0.1) is 0 Å². The number of rotatable bonds is 8. The lowest BCUT2D eigenvalue weighted by atomic mass is 9.94. The molecule has 0 bridgehead atoms. The highest BCUT2D eigenvalue weighted by Gasteiger charge is 2.36. The van der Waals surface area contributed by atoms with Crippen LogP contribution in [-0.4, -0.2) is 81.7 Å². The molecular formula is C19H29N3O4. The third-order valence-corrected chi connectivity index (χ3v) is 4.69. The number of likely N-dealkylation sites (N-methyl/N-ethyl adjacent to an activating group) is 1. The highest BCUT2D eigenvalue weighted by Crippen LogP contribution is 2.29. The summed E-state index contributed by atoms with van der Waals surface area (Å²) in [5.41, 5.74) is 1.09. The summed E-state index contributed by atoms with van der Waals surface area (Å²) >= 11 is 0. The van der Waals surface area contributed by atoms with Gasteiger partial charge in [0.2, 0.25) is 11.8 Å². The summed E-state index contributed by atoms with van der Waals surface area (Å²) in [7, 11) is 5.18. The van der Waals surface area contributed by atoms with Crippen LogP contribution < -0.4 is 10.1 Å². The first-order chi connectivity index (χ1) is 12.4. The van der Waals surface area contributed by atoms with Crippen LogP contribution in [0.25, 0.3) is 0 Å². The Morgan fingerprint density at radius 1 is 1.23 bits per heavy atom. The summed E-state index contributed by atoms with van der Waals surface area (Å²) in [6.07, 6.45) is 0. The average Bonchev–Trinajstić information content (AvgIpc) is 3.03. The molecule has 1 aromatic rings. The molecule has 0 saturated carbocycles. The molecule has 2 amide bonds. The quantitative estimate of drug-likeness (QED) is 0.736. The summed E-state index contributed by atoms with van der Waals surface area (Å²) in [6, 6.07) is 7.72. The van der Waals surface area contributed by atoms with E-state index >= 15 is 0 Å². The Bertz CT molecular complexity index is 605. The zero-order valence-electron chi connectivity index (χ0n) is 16.0. The standard InChI is InChI=1S/C19H29N3O4/c1-14(23)20-18-12-22(19(24)13-21(2)9-10-25-3)11-17(18)15-5-7-16(26-4)8-6-15/h5-8,17-18H,9-13H2,1-4H3,(H,20,23)/t17-,18+/m0/s1. The van der Waals surface area contributed by atoms with Crippen LogP contribution in [-0.2, 0) is 14.3 Å². The van der Waals surface area contributed by atoms with E-state index in [1.807, 2.05) is 41.1 Å². The molecule has 0 aromatic heterocycles. The number of likely N-dealkylation sites (tertiary alicyclic amines) is 1. The Balaban J connectivity index is 2.06. The highest BCUT2D eigenvalue weighted by atomic mass is 16.5. The SMILES string of the molecule is COCCN(C)CC(=O)N1C[C@@H](NC(C)=O)[C@H](c2ccc(OC)cc2)C1. The molecule has 1 saturated heterocycles. The van der Waals surface area contributed by atoms with E-state index in [0.29, 0.717) is 32.8 Å². The molecule has 0 spiro atoms. The van der Waals surface area contributed by atoms with Gasteiger partial charge in [-0.2, -0.15) is 0 Å². The van der Waals surface area contributed by atoms with Crippen molar-refractivity contribution in [2.24, 2.45) is 0 Å². The lowest BCUT2D eigenvalue weighted by Gasteiger charge is -2.21. The van der Waals surface area contributed by atoms with E-state index in [-0.39, 0.29) is 23.8 Å². The average molecular weight is 363 g/mol. The Hall–Kier alpha value is -2.12. The van der Waals surface area contributed by atoms with Crippen LogP contribution in [0.1, 0.15) is 18.4 Å². The zero-order valence-corrected chi connectivity index (χ0v) is 16.0. The Kier molecular flexibility index (Phi) is 7.41. The van der Waals surface area contributed by atoms with E-state index in [9.17, 15) is 9.59 Å². The van der Waals surface area contributed by atoms with E-state index in [2.05, 4.69) is 5.32 Å². The minimum atomic E-state index is -0.0888. The summed E-state index contributed by atoms with van der Waals surface area (Å²) < 4.78 is 10.3. The van der Waals surface area contributed by atoms with Crippen LogP contribution >= 0.6 is 0 Å². The van der Waals surface area contributed by atoms with Crippen molar-refractivity contribution in [2.75, 3.05) is 54.1 Å². The fraction of sp³-hybridized carbons (Fsp3) is 0.579. The van der Waals surface area contributed by atoms with Crippen molar-refractivity contribution in [1.82, 2.24) is 15.1 Å². The molecule has 1 aromatic carbocycles. The second kappa shape index (κ2) is 9.54. The van der Waals surface area contributed by atoms with Crippen molar-refractivity contribution >= 4 is 11.8 Å². The largest absolute Gasteiger partial charge is 0.497 e. The maximum Gasteiger partial charge on any atom is 0.236 e. The van der Waals surface area contributed by atoms with Crippen LogP contribution in [0.5, 0.6) is 5.75 Å². The highest BCUT2D eigenvalue weighted by molar-refractivity contribution is 5.79. The second-order valence-corrected chi connectivity index (χ2v) is 6.72. The molecule has 1 heterocycles. The van der Waals surface area contributed by atoms with Crippen molar-refractivity contribution in [2.45, 2.75) is 18.9 Å². The van der Waals surface area contributed by atoms with Crippen molar-refractivity contribution < 1.29 is 19.1 Å². The molecule has 2 rings (SSSR count).